The van der Waals surface area contributed by atoms with Gasteiger partial charge in [0.1, 0.15) is 4.33 Å². The third kappa shape index (κ3) is 3.94. The molecule has 24 heavy (non-hydrogen) atoms. The number of alkyl halides is 2. The second-order valence-electron chi connectivity index (χ2n) is 6.00. The normalized spacial score (nSPS) is 24.2. The molecule has 0 spiro atoms. The van der Waals surface area contributed by atoms with Crippen LogP contribution >= 0.6 is 23.2 Å². The van der Waals surface area contributed by atoms with Crippen molar-refractivity contribution >= 4 is 45.2 Å². The molecule has 1 aromatic carbocycles. The van der Waals surface area contributed by atoms with Gasteiger partial charge < -0.3 is 4.90 Å². The van der Waals surface area contributed by atoms with Gasteiger partial charge in [0.15, 0.2) is 0 Å². The van der Waals surface area contributed by atoms with Crippen LogP contribution in [0.4, 0.5) is 0 Å². The van der Waals surface area contributed by atoms with Crippen LogP contribution in [0.25, 0.3) is 6.08 Å². The Kier molecular flexibility index (Phi) is 4.93. The molecule has 1 saturated heterocycles. The van der Waals surface area contributed by atoms with E-state index in [1.165, 1.54) is 9.71 Å². The van der Waals surface area contributed by atoms with Gasteiger partial charge in [-0.2, -0.15) is 4.31 Å². The molecule has 130 valence electrons. The minimum atomic E-state index is -3.50. The number of sulfonamides is 1. The molecule has 1 aliphatic carbocycles. The number of carbonyl (C=O) groups excluding carboxylic acids is 1. The summed E-state index contributed by atoms with van der Waals surface area (Å²) < 4.78 is 25.2. The predicted octanol–water partition coefficient (Wildman–Crippen LogP) is 2.33. The molecule has 1 unspecified atom stereocenters. The number of rotatable bonds is 4. The van der Waals surface area contributed by atoms with Crippen LogP contribution in [0.15, 0.2) is 35.7 Å². The average molecular weight is 389 g/mol. The van der Waals surface area contributed by atoms with Crippen LogP contribution in [0.1, 0.15) is 12.0 Å². The smallest absolute Gasteiger partial charge is 0.236 e. The summed E-state index contributed by atoms with van der Waals surface area (Å²) in [5.74, 6) is -0.446. The number of benzene rings is 1. The SMILES string of the molecule is O=C(C1CC1(Cl)Cl)N1CCN(S(=O)(=O)/C=C/c2ccccc2)CC1. The Morgan fingerprint density at radius 3 is 2.25 bits per heavy atom. The minimum Gasteiger partial charge on any atom is -0.340 e. The molecule has 1 atom stereocenters. The summed E-state index contributed by atoms with van der Waals surface area (Å²) in [6.45, 7) is 1.27. The Hall–Kier alpha value is -1.08. The number of hydrogen-bond donors (Lipinski definition) is 0. The molecule has 8 heteroatoms. The molecule has 1 saturated carbocycles. The van der Waals surface area contributed by atoms with E-state index in [9.17, 15) is 13.2 Å². The van der Waals surface area contributed by atoms with E-state index in [-0.39, 0.29) is 24.9 Å². The predicted molar refractivity (Wildman–Crippen MR) is 95.1 cm³/mol. The second kappa shape index (κ2) is 6.67. The molecule has 0 aromatic heterocycles. The summed E-state index contributed by atoms with van der Waals surface area (Å²) in [5, 5.41) is 1.21. The topological polar surface area (TPSA) is 57.7 Å². The van der Waals surface area contributed by atoms with Crippen molar-refractivity contribution in [1.29, 1.82) is 0 Å². The first-order chi connectivity index (χ1) is 11.3. The van der Waals surface area contributed by atoms with E-state index in [0.29, 0.717) is 19.5 Å². The van der Waals surface area contributed by atoms with Gasteiger partial charge in [-0.1, -0.05) is 30.3 Å². The van der Waals surface area contributed by atoms with Crippen LogP contribution in [0.5, 0.6) is 0 Å². The zero-order chi connectivity index (χ0) is 17.4. The lowest BCUT2D eigenvalue weighted by Crippen LogP contribution is -2.50. The Balaban J connectivity index is 1.58. The van der Waals surface area contributed by atoms with Crippen molar-refractivity contribution in [3.63, 3.8) is 0 Å². The van der Waals surface area contributed by atoms with Crippen LogP contribution in [-0.2, 0) is 14.8 Å². The van der Waals surface area contributed by atoms with Crippen LogP contribution in [0.3, 0.4) is 0 Å². The molecule has 1 aliphatic heterocycles. The highest BCUT2D eigenvalue weighted by Crippen LogP contribution is 2.53. The first kappa shape index (κ1) is 17.7. The van der Waals surface area contributed by atoms with Crippen molar-refractivity contribution in [3.05, 3.63) is 41.3 Å². The van der Waals surface area contributed by atoms with Gasteiger partial charge in [-0.15, -0.1) is 23.2 Å². The molecule has 1 amide bonds. The first-order valence-electron chi connectivity index (χ1n) is 7.69. The summed E-state index contributed by atoms with van der Waals surface area (Å²) in [6, 6.07) is 9.24. The maximum atomic E-state index is 12.4. The monoisotopic (exact) mass is 388 g/mol. The molecule has 3 rings (SSSR count). The van der Waals surface area contributed by atoms with Crippen LogP contribution in [0.2, 0.25) is 0 Å². The maximum absolute atomic E-state index is 12.4. The van der Waals surface area contributed by atoms with Crippen molar-refractivity contribution in [1.82, 2.24) is 9.21 Å². The third-order valence-corrected chi connectivity index (χ3v) is 6.67. The van der Waals surface area contributed by atoms with Gasteiger partial charge in [0, 0.05) is 31.6 Å². The highest BCUT2D eigenvalue weighted by molar-refractivity contribution is 7.92. The number of amides is 1. The van der Waals surface area contributed by atoms with Crippen LogP contribution in [-0.4, -0.2) is 54.0 Å². The fraction of sp³-hybridized carbons (Fsp3) is 0.438. The number of hydrogen-bond acceptors (Lipinski definition) is 3. The lowest BCUT2D eigenvalue weighted by atomic mass is 10.2. The molecule has 5 nitrogen and oxygen atoms in total. The number of piperazine rings is 1. The minimum absolute atomic E-state index is 0.0862. The summed E-state index contributed by atoms with van der Waals surface area (Å²) in [5.41, 5.74) is 0.823. The van der Waals surface area contributed by atoms with E-state index >= 15 is 0 Å². The summed E-state index contributed by atoms with van der Waals surface area (Å²) in [7, 11) is -3.50. The van der Waals surface area contributed by atoms with Gasteiger partial charge in [0.2, 0.25) is 15.9 Å². The van der Waals surface area contributed by atoms with E-state index in [0.717, 1.165) is 5.56 Å². The van der Waals surface area contributed by atoms with Gasteiger partial charge in [-0.25, -0.2) is 8.42 Å². The average Bonchev–Trinajstić information content (AvgIpc) is 3.22. The summed E-state index contributed by atoms with van der Waals surface area (Å²) in [6.07, 6.45) is 2.04. The fourth-order valence-electron chi connectivity index (χ4n) is 2.68. The molecule has 1 heterocycles. The Morgan fingerprint density at radius 1 is 1.12 bits per heavy atom. The van der Waals surface area contributed by atoms with E-state index in [1.807, 2.05) is 30.3 Å². The standard InChI is InChI=1S/C16H18Cl2N2O3S/c17-16(18)12-14(16)15(21)19-7-9-20(10-8-19)24(22,23)11-6-13-4-2-1-3-5-13/h1-6,11,14H,7-10,12H2/b11-6+. The Labute approximate surface area is 151 Å². The van der Waals surface area contributed by atoms with Crippen molar-refractivity contribution in [2.45, 2.75) is 10.8 Å². The largest absolute Gasteiger partial charge is 0.340 e. The first-order valence-corrected chi connectivity index (χ1v) is 9.95. The van der Waals surface area contributed by atoms with Crippen molar-refractivity contribution < 1.29 is 13.2 Å². The zero-order valence-corrected chi connectivity index (χ0v) is 15.3. The molecule has 2 fully saturated rings. The number of carbonyl (C=O) groups is 1. The summed E-state index contributed by atoms with van der Waals surface area (Å²) >= 11 is 11.8. The number of halogens is 2. The summed E-state index contributed by atoms with van der Waals surface area (Å²) in [4.78, 5) is 13.9. The maximum Gasteiger partial charge on any atom is 0.236 e. The molecule has 2 aliphatic rings. The van der Waals surface area contributed by atoms with Crippen LogP contribution in [0, 0.1) is 5.92 Å². The number of nitrogens with zero attached hydrogens (tertiary/aromatic N) is 2. The van der Waals surface area contributed by atoms with E-state index in [2.05, 4.69) is 0 Å². The fourth-order valence-corrected chi connectivity index (χ4v) is 4.35. The molecule has 0 bridgehead atoms. The van der Waals surface area contributed by atoms with Crippen LogP contribution < -0.4 is 0 Å². The highest BCUT2D eigenvalue weighted by atomic mass is 35.5. The second-order valence-corrected chi connectivity index (χ2v) is 9.36. The van der Waals surface area contributed by atoms with E-state index in [4.69, 9.17) is 23.2 Å². The Bertz CT molecular complexity index is 742. The molecular weight excluding hydrogens is 371 g/mol. The zero-order valence-electron chi connectivity index (χ0n) is 12.9. The molecule has 0 N–H and O–H groups in total. The van der Waals surface area contributed by atoms with Gasteiger partial charge in [0.25, 0.3) is 0 Å². The van der Waals surface area contributed by atoms with Gasteiger partial charge in [-0.3, -0.25) is 4.79 Å². The quantitative estimate of drug-likeness (QED) is 0.743. The molecule has 0 radical (unpaired) electrons. The van der Waals surface area contributed by atoms with Crippen molar-refractivity contribution in [3.8, 4) is 0 Å². The Morgan fingerprint density at radius 2 is 1.71 bits per heavy atom. The van der Waals surface area contributed by atoms with Gasteiger partial charge in [0.05, 0.1) is 5.92 Å². The molecular formula is C16H18Cl2N2O3S. The third-order valence-electron chi connectivity index (χ3n) is 4.27. The highest BCUT2D eigenvalue weighted by Gasteiger charge is 2.57. The molecule has 1 aromatic rings. The lowest BCUT2D eigenvalue weighted by Gasteiger charge is -2.33. The van der Waals surface area contributed by atoms with E-state index in [1.54, 1.807) is 11.0 Å². The lowest BCUT2D eigenvalue weighted by molar-refractivity contribution is -0.133. The van der Waals surface area contributed by atoms with E-state index < -0.39 is 14.4 Å². The van der Waals surface area contributed by atoms with Crippen molar-refractivity contribution in [2.75, 3.05) is 26.2 Å². The van der Waals surface area contributed by atoms with Gasteiger partial charge >= 0.3 is 0 Å². The van der Waals surface area contributed by atoms with Crippen molar-refractivity contribution in [2.24, 2.45) is 5.92 Å². The van der Waals surface area contributed by atoms with Gasteiger partial charge in [-0.05, 0) is 18.1 Å².